The van der Waals surface area contributed by atoms with E-state index in [4.69, 9.17) is 16.3 Å². The van der Waals surface area contributed by atoms with Crippen LogP contribution in [0, 0.1) is 0 Å². The number of aromatic nitrogens is 1. The fraction of sp³-hybridized carbons (Fsp3) is 0.286. The lowest BCUT2D eigenvalue weighted by atomic mass is 9.95. The first-order valence-corrected chi connectivity index (χ1v) is 9.40. The van der Waals surface area contributed by atoms with Crippen molar-refractivity contribution >= 4 is 29.1 Å². The number of methoxy groups -OCH3 is 1. The maximum atomic E-state index is 12.9. The Kier molecular flexibility index (Phi) is 6.20. The van der Waals surface area contributed by atoms with Gasteiger partial charge in [0.25, 0.3) is 11.7 Å². The van der Waals surface area contributed by atoms with E-state index < -0.39 is 17.7 Å². The van der Waals surface area contributed by atoms with E-state index in [1.165, 1.54) is 18.1 Å². The summed E-state index contributed by atoms with van der Waals surface area (Å²) in [6.07, 6.45) is 3.17. The van der Waals surface area contributed by atoms with Crippen molar-refractivity contribution in [3.8, 4) is 5.75 Å². The van der Waals surface area contributed by atoms with Gasteiger partial charge in [0.05, 0.1) is 24.3 Å². The van der Waals surface area contributed by atoms with E-state index >= 15 is 0 Å². The standard InChI is InChI=1S/C21H22ClN3O4/c1-24(2)10-11-25-18(13-6-8-23-9-7-13)17(20(27)21(25)28)19(26)15-12-14(22)4-5-16(15)29-3/h4-9,12,18,26H,10-11H2,1-3H3/b19-17+. The minimum absolute atomic E-state index is 0.000484. The van der Waals surface area contributed by atoms with Gasteiger partial charge in [0, 0.05) is 30.5 Å². The molecule has 2 aromatic rings. The highest BCUT2D eigenvalue weighted by Crippen LogP contribution is 2.41. The first-order valence-electron chi connectivity index (χ1n) is 9.02. The second-order valence-corrected chi connectivity index (χ2v) is 7.36. The van der Waals surface area contributed by atoms with Crippen LogP contribution < -0.4 is 4.74 Å². The van der Waals surface area contributed by atoms with Gasteiger partial charge in [-0.2, -0.15) is 0 Å². The topological polar surface area (TPSA) is 83.0 Å². The first kappa shape index (κ1) is 20.8. The summed E-state index contributed by atoms with van der Waals surface area (Å²) in [7, 11) is 5.22. The maximum Gasteiger partial charge on any atom is 0.295 e. The molecule has 2 heterocycles. The summed E-state index contributed by atoms with van der Waals surface area (Å²) in [5.41, 5.74) is 0.936. The monoisotopic (exact) mass is 415 g/mol. The number of pyridine rings is 1. The summed E-state index contributed by atoms with van der Waals surface area (Å²) < 4.78 is 5.31. The third kappa shape index (κ3) is 4.11. The molecule has 0 spiro atoms. The number of aliphatic hydroxyl groups is 1. The molecule has 1 N–H and O–H groups in total. The molecule has 1 unspecified atom stereocenters. The van der Waals surface area contributed by atoms with Crippen LogP contribution >= 0.6 is 11.6 Å². The number of likely N-dealkylation sites (tertiary alicyclic amines) is 1. The lowest BCUT2D eigenvalue weighted by Crippen LogP contribution is -2.35. The summed E-state index contributed by atoms with van der Waals surface area (Å²) in [6.45, 7) is 0.892. The quantitative estimate of drug-likeness (QED) is 0.443. The Morgan fingerprint density at radius 3 is 2.55 bits per heavy atom. The van der Waals surface area contributed by atoms with Gasteiger partial charge in [-0.25, -0.2) is 0 Å². The summed E-state index contributed by atoms with van der Waals surface area (Å²) in [4.78, 5) is 33.1. The number of halogens is 1. The summed E-state index contributed by atoms with van der Waals surface area (Å²) in [6, 6.07) is 7.44. The fourth-order valence-corrected chi connectivity index (χ4v) is 3.49. The lowest BCUT2D eigenvalue weighted by Gasteiger charge is -2.26. The first-order chi connectivity index (χ1) is 13.8. The number of ether oxygens (including phenoxy) is 1. The Labute approximate surface area is 174 Å². The summed E-state index contributed by atoms with van der Waals surface area (Å²) in [5, 5.41) is 11.5. The number of hydrogen-bond acceptors (Lipinski definition) is 6. The molecule has 0 saturated carbocycles. The molecule has 0 radical (unpaired) electrons. The van der Waals surface area contributed by atoms with Crippen molar-refractivity contribution in [3.05, 3.63) is 64.4 Å². The van der Waals surface area contributed by atoms with E-state index in [2.05, 4.69) is 4.98 Å². The highest BCUT2D eigenvalue weighted by atomic mass is 35.5. The number of rotatable bonds is 6. The molecule has 7 nitrogen and oxygen atoms in total. The van der Waals surface area contributed by atoms with E-state index in [0.29, 0.717) is 29.4 Å². The van der Waals surface area contributed by atoms with Crippen LogP contribution in [0.2, 0.25) is 5.02 Å². The number of nitrogens with zero attached hydrogens (tertiary/aromatic N) is 3. The Hall–Kier alpha value is -2.90. The molecule has 0 bridgehead atoms. The predicted octanol–water partition coefficient (Wildman–Crippen LogP) is 2.73. The number of carbonyl (C=O) groups excluding carboxylic acids is 2. The number of amides is 1. The van der Waals surface area contributed by atoms with Crippen molar-refractivity contribution in [2.24, 2.45) is 0 Å². The van der Waals surface area contributed by atoms with Crippen LogP contribution in [-0.4, -0.2) is 65.9 Å². The number of aliphatic hydroxyl groups excluding tert-OH is 1. The van der Waals surface area contributed by atoms with E-state index in [1.54, 1.807) is 36.7 Å². The average Bonchev–Trinajstić information content (AvgIpc) is 2.97. The van der Waals surface area contributed by atoms with Crippen LogP contribution in [0.1, 0.15) is 17.2 Å². The van der Waals surface area contributed by atoms with E-state index in [9.17, 15) is 14.7 Å². The molecule has 29 heavy (non-hydrogen) atoms. The van der Waals surface area contributed by atoms with Gasteiger partial charge >= 0.3 is 0 Å². The normalized spacial score (nSPS) is 18.5. The highest BCUT2D eigenvalue weighted by Gasteiger charge is 2.46. The van der Waals surface area contributed by atoms with Gasteiger partial charge in [-0.05, 0) is 50.0 Å². The second-order valence-electron chi connectivity index (χ2n) is 6.92. The van der Waals surface area contributed by atoms with Crippen molar-refractivity contribution in [2.75, 3.05) is 34.3 Å². The average molecular weight is 416 g/mol. The summed E-state index contributed by atoms with van der Waals surface area (Å²) in [5.74, 6) is -1.38. The van der Waals surface area contributed by atoms with Crippen LogP contribution in [0.3, 0.4) is 0 Å². The fourth-order valence-electron chi connectivity index (χ4n) is 3.32. The molecule has 1 saturated heterocycles. The molecule has 1 aromatic carbocycles. The third-order valence-corrected chi connectivity index (χ3v) is 5.00. The molecule has 1 fully saturated rings. The Bertz CT molecular complexity index is 960. The molecule has 152 valence electrons. The Morgan fingerprint density at radius 1 is 1.24 bits per heavy atom. The molecular formula is C21H22ClN3O4. The molecule has 3 rings (SSSR count). The van der Waals surface area contributed by atoms with Gasteiger partial charge in [0.1, 0.15) is 11.5 Å². The van der Waals surface area contributed by atoms with Crippen molar-refractivity contribution < 1.29 is 19.4 Å². The SMILES string of the molecule is COc1ccc(Cl)cc1/C(O)=C1\C(=O)C(=O)N(CCN(C)C)C1c1ccncc1. The molecule has 0 aliphatic carbocycles. The Balaban J connectivity index is 2.19. The molecule has 1 aliphatic heterocycles. The van der Waals surface area contributed by atoms with Crippen molar-refractivity contribution in [3.63, 3.8) is 0 Å². The number of carbonyl (C=O) groups is 2. The van der Waals surface area contributed by atoms with Crippen molar-refractivity contribution in [1.82, 2.24) is 14.8 Å². The number of ketones is 1. The van der Waals surface area contributed by atoms with Gasteiger partial charge in [0.15, 0.2) is 0 Å². The smallest absolute Gasteiger partial charge is 0.295 e. The summed E-state index contributed by atoms with van der Waals surface area (Å²) >= 11 is 6.09. The van der Waals surface area contributed by atoms with Gasteiger partial charge in [-0.1, -0.05) is 11.6 Å². The van der Waals surface area contributed by atoms with Crippen molar-refractivity contribution in [2.45, 2.75) is 6.04 Å². The zero-order valence-corrected chi connectivity index (χ0v) is 17.2. The zero-order chi connectivity index (χ0) is 21.1. The van der Waals surface area contributed by atoms with Crippen LogP contribution in [0.5, 0.6) is 5.75 Å². The number of Topliss-reactive ketones (excluding diaryl/α,β-unsaturated/α-hetero) is 1. The van der Waals surface area contributed by atoms with Crippen LogP contribution in [-0.2, 0) is 9.59 Å². The predicted molar refractivity (Wildman–Crippen MR) is 110 cm³/mol. The highest BCUT2D eigenvalue weighted by molar-refractivity contribution is 6.46. The minimum Gasteiger partial charge on any atom is -0.507 e. The molecule has 1 atom stereocenters. The molecule has 1 amide bonds. The number of hydrogen-bond donors (Lipinski definition) is 1. The van der Waals surface area contributed by atoms with Gasteiger partial charge in [-0.15, -0.1) is 0 Å². The lowest BCUT2D eigenvalue weighted by molar-refractivity contribution is -0.140. The molecule has 1 aliphatic rings. The minimum atomic E-state index is -0.745. The largest absolute Gasteiger partial charge is 0.507 e. The van der Waals surface area contributed by atoms with Crippen LogP contribution in [0.25, 0.3) is 5.76 Å². The number of benzene rings is 1. The third-order valence-electron chi connectivity index (χ3n) is 4.77. The molecule has 8 heteroatoms. The van der Waals surface area contributed by atoms with Gasteiger partial charge < -0.3 is 19.6 Å². The van der Waals surface area contributed by atoms with E-state index in [0.717, 1.165) is 0 Å². The van der Waals surface area contributed by atoms with Gasteiger partial charge in [0.2, 0.25) is 0 Å². The maximum absolute atomic E-state index is 12.9. The Morgan fingerprint density at radius 2 is 1.93 bits per heavy atom. The zero-order valence-electron chi connectivity index (χ0n) is 16.4. The van der Waals surface area contributed by atoms with Gasteiger partial charge in [-0.3, -0.25) is 14.6 Å². The van der Waals surface area contributed by atoms with Crippen LogP contribution in [0.4, 0.5) is 0 Å². The number of likely N-dealkylation sites (N-methyl/N-ethyl adjacent to an activating group) is 1. The van der Waals surface area contributed by atoms with Crippen molar-refractivity contribution in [1.29, 1.82) is 0 Å². The second kappa shape index (κ2) is 8.63. The van der Waals surface area contributed by atoms with E-state index in [-0.39, 0.29) is 16.9 Å². The molecule has 1 aromatic heterocycles. The molecular weight excluding hydrogens is 394 g/mol. The van der Waals surface area contributed by atoms with Crippen LogP contribution in [0.15, 0.2) is 48.3 Å². The van der Waals surface area contributed by atoms with E-state index in [1.807, 2.05) is 19.0 Å².